The maximum Gasteiger partial charge on any atom is 0.401 e. The van der Waals surface area contributed by atoms with Gasteiger partial charge in [-0.15, -0.1) is 0 Å². The number of amides is 1. The van der Waals surface area contributed by atoms with Gasteiger partial charge in [-0.1, -0.05) is 13.8 Å². The van der Waals surface area contributed by atoms with E-state index in [1.54, 1.807) is 0 Å². The molecule has 1 saturated carbocycles. The Hall–Kier alpha value is -0.860. The van der Waals surface area contributed by atoms with Crippen LogP contribution in [0.5, 0.6) is 0 Å². The average molecular weight is 339 g/mol. The summed E-state index contributed by atoms with van der Waals surface area (Å²) in [6, 6.07) is 0. The standard InChI is InChI=1S/C15H28F3N3O2/c1-5-23-11-9-14(19,13(11,2)3)12(22)20-7-6-8-21(4)10-15(16,17)18/h11H,5-10,19H2,1-4H3,(H,20,22). The van der Waals surface area contributed by atoms with Crippen molar-refractivity contribution in [1.82, 2.24) is 10.2 Å². The third-order valence-electron chi connectivity index (χ3n) is 4.69. The fourth-order valence-electron chi connectivity index (χ4n) is 2.91. The molecule has 0 radical (unpaired) electrons. The Morgan fingerprint density at radius 3 is 2.52 bits per heavy atom. The molecule has 0 aromatic carbocycles. The summed E-state index contributed by atoms with van der Waals surface area (Å²) >= 11 is 0. The van der Waals surface area contributed by atoms with Crippen LogP contribution in [0.3, 0.4) is 0 Å². The van der Waals surface area contributed by atoms with Crippen molar-refractivity contribution in [3.8, 4) is 0 Å². The summed E-state index contributed by atoms with van der Waals surface area (Å²) in [4.78, 5) is 13.5. The van der Waals surface area contributed by atoms with E-state index in [2.05, 4.69) is 5.32 Å². The molecule has 0 saturated heterocycles. The van der Waals surface area contributed by atoms with E-state index in [4.69, 9.17) is 10.5 Å². The Balaban J connectivity index is 2.35. The van der Waals surface area contributed by atoms with Crippen LogP contribution in [0.4, 0.5) is 13.2 Å². The summed E-state index contributed by atoms with van der Waals surface area (Å²) in [6.45, 7) is 5.85. The lowest BCUT2D eigenvalue weighted by Crippen LogP contribution is -2.75. The van der Waals surface area contributed by atoms with Crippen LogP contribution in [-0.4, -0.2) is 61.9 Å². The highest BCUT2D eigenvalue weighted by Gasteiger charge is 2.62. The molecule has 2 unspecified atom stereocenters. The Bertz CT molecular complexity index is 415. The van der Waals surface area contributed by atoms with E-state index < -0.39 is 23.7 Å². The van der Waals surface area contributed by atoms with Crippen LogP contribution in [0.2, 0.25) is 0 Å². The average Bonchev–Trinajstić information content (AvgIpc) is 2.40. The van der Waals surface area contributed by atoms with Gasteiger partial charge in [0.2, 0.25) is 5.91 Å². The molecule has 1 fully saturated rings. The highest BCUT2D eigenvalue weighted by atomic mass is 19.4. The van der Waals surface area contributed by atoms with Crippen LogP contribution in [0.1, 0.15) is 33.6 Å². The molecule has 0 heterocycles. The van der Waals surface area contributed by atoms with Gasteiger partial charge in [0.25, 0.3) is 0 Å². The molecule has 0 aliphatic heterocycles. The van der Waals surface area contributed by atoms with Crippen molar-refractivity contribution < 1.29 is 22.7 Å². The predicted octanol–water partition coefficient (Wildman–Crippen LogP) is 1.52. The Kier molecular flexibility index (Phi) is 6.46. The molecule has 1 amide bonds. The van der Waals surface area contributed by atoms with Crippen molar-refractivity contribution in [2.75, 3.05) is 33.3 Å². The molecule has 0 bridgehead atoms. The molecule has 1 aliphatic rings. The van der Waals surface area contributed by atoms with Gasteiger partial charge < -0.3 is 15.8 Å². The molecule has 0 aromatic rings. The second-order valence-electron chi connectivity index (χ2n) is 6.80. The Morgan fingerprint density at radius 1 is 1.43 bits per heavy atom. The number of halogens is 3. The SMILES string of the molecule is CCOC1CC(N)(C(=O)NCCCN(C)CC(F)(F)F)C1(C)C. The van der Waals surface area contributed by atoms with E-state index in [-0.39, 0.29) is 18.6 Å². The maximum absolute atomic E-state index is 12.3. The third kappa shape index (κ3) is 4.81. The Morgan fingerprint density at radius 2 is 2.04 bits per heavy atom. The number of ether oxygens (including phenoxy) is 1. The van der Waals surface area contributed by atoms with Crippen LogP contribution < -0.4 is 11.1 Å². The van der Waals surface area contributed by atoms with Gasteiger partial charge in [0, 0.05) is 25.0 Å². The fraction of sp³-hybridized carbons (Fsp3) is 0.933. The van der Waals surface area contributed by atoms with Crippen LogP contribution in [0.25, 0.3) is 0 Å². The van der Waals surface area contributed by atoms with E-state index in [0.29, 0.717) is 26.0 Å². The summed E-state index contributed by atoms with van der Waals surface area (Å²) in [6.07, 6.45) is -3.37. The van der Waals surface area contributed by atoms with Crippen molar-refractivity contribution in [3.05, 3.63) is 0 Å². The van der Waals surface area contributed by atoms with Crippen LogP contribution in [-0.2, 0) is 9.53 Å². The zero-order chi connectivity index (χ0) is 17.9. The second-order valence-corrected chi connectivity index (χ2v) is 6.80. The minimum Gasteiger partial charge on any atom is -0.378 e. The van der Waals surface area contributed by atoms with Gasteiger partial charge in [0.05, 0.1) is 12.6 Å². The topological polar surface area (TPSA) is 67.6 Å². The first kappa shape index (κ1) is 20.2. The van der Waals surface area contributed by atoms with Gasteiger partial charge >= 0.3 is 6.18 Å². The zero-order valence-electron chi connectivity index (χ0n) is 14.3. The van der Waals surface area contributed by atoms with Crippen molar-refractivity contribution in [3.63, 3.8) is 0 Å². The molecule has 136 valence electrons. The molecule has 0 spiro atoms. The predicted molar refractivity (Wildman–Crippen MR) is 81.9 cm³/mol. The van der Waals surface area contributed by atoms with Gasteiger partial charge in [-0.05, 0) is 26.9 Å². The van der Waals surface area contributed by atoms with Crippen molar-refractivity contribution in [1.29, 1.82) is 0 Å². The number of nitrogens with two attached hydrogens (primary N) is 1. The summed E-state index contributed by atoms with van der Waals surface area (Å²) in [7, 11) is 1.40. The third-order valence-corrected chi connectivity index (χ3v) is 4.69. The summed E-state index contributed by atoms with van der Waals surface area (Å²) < 4.78 is 42.2. The van der Waals surface area contributed by atoms with Crippen molar-refractivity contribution in [2.24, 2.45) is 11.1 Å². The van der Waals surface area contributed by atoms with E-state index >= 15 is 0 Å². The molecule has 23 heavy (non-hydrogen) atoms. The maximum atomic E-state index is 12.3. The lowest BCUT2D eigenvalue weighted by molar-refractivity contribution is -0.170. The van der Waals surface area contributed by atoms with Crippen LogP contribution in [0, 0.1) is 5.41 Å². The van der Waals surface area contributed by atoms with E-state index in [1.165, 1.54) is 11.9 Å². The molecule has 1 rings (SSSR count). The first-order valence-corrected chi connectivity index (χ1v) is 7.88. The number of hydrogen-bond donors (Lipinski definition) is 2. The molecule has 2 atom stereocenters. The number of carbonyl (C=O) groups is 1. The number of nitrogens with zero attached hydrogens (tertiary/aromatic N) is 1. The fourth-order valence-corrected chi connectivity index (χ4v) is 2.91. The smallest absolute Gasteiger partial charge is 0.378 e. The number of alkyl halides is 3. The van der Waals surface area contributed by atoms with Gasteiger partial charge in [-0.2, -0.15) is 13.2 Å². The zero-order valence-corrected chi connectivity index (χ0v) is 14.3. The summed E-state index contributed by atoms with van der Waals surface area (Å²) in [5.41, 5.74) is 4.75. The van der Waals surface area contributed by atoms with Gasteiger partial charge in [0.1, 0.15) is 5.54 Å². The van der Waals surface area contributed by atoms with E-state index in [0.717, 1.165) is 0 Å². The van der Waals surface area contributed by atoms with Crippen molar-refractivity contribution >= 4 is 5.91 Å². The van der Waals surface area contributed by atoms with Gasteiger partial charge in [-0.25, -0.2) is 0 Å². The molecule has 8 heteroatoms. The van der Waals surface area contributed by atoms with Gasteiger partial charge in [-0.3, -0.25) is 9.69 Å². The minimum atomic E-state index is -4.20. The highest BCUT2D eigenvalue weighted by Crippen LogP contribution is 2.49. The number of hydrogen-bond acceptors (Lipinski definition) is 4. The minimum absolute atomic E-state index is 0.0545. The molecular weight excluding hydrogens is 311 g/mol. The molecule has 3 N–H and O–H groups in total. The van der Waals surface area contributed by atoms with Crippen LogP contribution >= 0.6 is 0 Å². The molecule has 0 aromatic heterocycles. The monoisotopic (exact) mass is 339 g/mol. The second kappa shape index (κ2) is 7.36. The molecule has 1 aliphatic carbocycles. The normalized spacial score (nSPS) is 26.9. The first-order chi connectivity index (χ1) is 10.4. The number of rotatable bonds is 8. The number of carbonyl (C=O) groups excluding carboxylic acids is 1. The van der Waals surface area contributed by atoms with E-state index in [1.807, 2.05) is 20.8 Å². The largest absolute Gasteiger partial charge is 0.401 e. The van der Waals surface area contributed by atoms with Gasteiger partial charge in [0.15, 0.2) is 0 Å². The van der Waals surface area contributed by atoms with E-state index in [9.17, 15) is 18.0 Å². The lowest BCUT2D eigenvalue weighted by atomic mass is 9.54. The quantitative estimate of drug-likeness (QED) is 0.658. The summed E-state index contributed by atoms with van der Waals surface area (Å²) in [5, 5.41) is 2.73. The summed E-state index contributed by atoms with van der Waals surface area (Å²) in [5.74, 6) is -0.267. The molecule has 5 nitrogen and oxygen atoms in total. The number of nitrogens with one attached hydrogen (secondary N) is 1. The highest BCUT2D eigenvalue weighted by molar-refractivity contribution is 5.88. The lowest BCUT2D eigenvalue weighted by Gasteiger charge is -2.57. The van der Waals surface area contributed by atoms with Crippen LogP contribution in [0.15, 0.2) is 0 Å². The Labute approximate surface area is 135 Å². The first-order valence-electron chi connectivity index (χ1n) is 7.88. The molecular formula is C15H28F3N3O2. The van der Waals surface area contributed by atoms with Crippen molar-refractivity contribution in [2.45, 2.75) is 51.4 Å².